The second kappa shape index (κ2) is 8.45. The first-order valence-corrected chi connectivity index (χ1v) is 9.00. The van der Waals surface area contributed by atoms with Crippen LogP contribution in [-0.4, -0.2) is 37.6 Å². The second-order valence-electron chi connectivity index (χ2n) is 6.32. The first kappa shape index (κ1) is 19.2. The Kier molecular flexibility index (Phi) is 5.39. The molecule has 150 valence electrons. The van der Waals surface area contributed by atoms with Crippen LogP contribution in [0.25, 0.3) is 16.5 Å². The minimum absolute atomic E-state index is 0.0134. The molecule has 30 heavy (non-hydrogen) atoms. The number of para-hydroxylation sites is 2. The molecule has 0 fully saturated rings. The lowest BCUT2D eigenvalue weighted by Crippen LogP contribution is -2.19. The third-order valence-electron chi connectivity index (χ3n) is 4.37. The topological polar surface area (TPSA) is 125 Å². The van der Waals surface area contributed by atoms with Crippen molar-refractivity contribution in [2.75, 3.05) is 11.9 Å². The van der Waals surface area contributed by atoms with Gasteiger partial charge in [-0.3, -0.25) is 14.9 Å². The molecule has 0 aliphatic heterocycles. The number of amides is 1. The minimum Gasteiger partial charge on any atom is -0.364 e. The fraction of sp³-hybridized carbons (Fsp3) is 0.100. The maximum absolute atomic E-state index is 12.1. The number of benzene rings is 3. The summed E-state index contributed by atoms with van der Waals surface area (Å²) in [5.41, 5.74) is 0.712. The maximum Gasteiger partial charge on any atom is 0.292 e. The summed E-state index contributed by atoms with van der Waals surface area (Å²) in [6, 6.07) is 19.5. The largest absolute Gasteiger partial charge is 0.364 e. The second-order valence-corrected chi connectivity index (χ2v) is 6.32. The number of ether oxygens (including phenoxy) is 1. The van der Waals surface area contributed by atoms with Gasteiger partial charge in [-0.2, -0.15) is 4.68 Å². The summed E-state index contributed by atoms with van der Waals surface area (Å²) in [7, 11) is 0. The molecule has 0 radical (unpaired) electrons. The molecular weight excluding hydrogens is 388 g/mol. The molecule has 4 rings (SSSR count). The van der Waals surface area contributed by atoms with E-state index in [-0.39, 0.29) is 24.6 Å². The van der Waals surface area contributed by atoms with Gasteiger partial charge in [0.2, 0.25) is 0 Å². The van der Waals surface area contributed by atoms with Gasteiger partial charge in [-0.1, -0.05) is 48.5 Å². The standard InChI is InChI=1S/C20H16N6O4/c27-20(21-16-9-3-4-10-18(16)26(28)29)13-30-12-19-22-23-24-25(19)17-11-5-7-14-6-1-2-8-15(14)17/h1-11H,12-13H2,(H,21,27). The number of tetrazole rings is 1. The van der Waals surface area contributed by atoms with Gasteiger partial charge in [0.25, 0.3) is 11.6 Å². The smallest absolute Gasteiger partial charge is 0.292 e. The molecule has 0 unspecified atom stereocenters. The number of hydrogen-bond acceptors (Lipinski definition) is 7. The summed E-state index contributed by atoms with van der Waals surface area (Å²) >= 11 is 0. The van der Waals surface area contributed by atoms with Gasteiger partial charge in [0, 0.05) is 11.5 Å². The van der Waals surface area contributed by atoms with Crippen LogP contribution in [0.4, 0.5) is 11.4 Å². The molecule has 1 heterocycles. The van der Waals surface area contributed by atoms with Crippen LogP contribution in [0.1, 0.15) is 5.82 Å². The molecule has 0 aliphatic rings. The Hall–Kier alpha value is -4.18. The van der Waals surface area contributed by atoms with Gasteiger partial charge in [-0.05, 0) is 27.9 Å². The van der Waals surface area contributed by atoms with E-state index < -0.39 is 10.8 Å². The fourth-order valence-electron chi connectivity index (χ4n) is 3.04. The van der Waals surface area contributed by atoms with Crippen molar-refractivity contribution in [1.82, 2.24) is 20.2 Å². The van der Waals surface area contributed by atoms with Gasteiger partial charge in [0.15, 0.2) is 5.82 Å². The number of aromatic nitrogens is 4. The van der Waals surface area contributed by atoms with Crippen molar-refractivity contribution in [3.8, 4) is 5.69 Å². The van der Waals surface area contributed by atoms with E-state index >= 15 is 0 Å². The lowest BCUT2D eigenvalue weighted by Gasteiger charge is -2.09. The summed E-state index contributed by atoms with van der Waals surface area (Å²) in [5.74, 6) is -0.0988. The zero-order valence-electron chi connectivity index (χ0n) is 15.6. The number of nitro groups is 1. The Morgan fingerprint density at radius 2 is 1.83 bits per heavy atom. The summed E-state index contributed by atoms with van der Waals surface area (Å²) in [6.45, 7) is -0.324. The monoisotopic (exact) mass is 404 g/mol. The molecule has 0 saturated carbocycles. The molecule has 1 amide bonds. The van der Waals surface area contributed by atoms with Crippen LogP contribution in [0.5, 0.6) is 0 Å². The highest BCUT2D eigenvalue weighted by molar-refractivity contribution is 5.94. The molecule has 0 atom stereocenters. The quantitative estimate of drug-likeness (QED) is 0.371. The van der Waals surface area contributed by atoms with E-state index in [4.69, 9.17) is 4.74 Å². The minimum atomic E-state index is -0.561. The first-order chi connectivity index (χ1) is 14.6. The number of carbonyl (C=O) groups excluding carboxylic acids is 1. The third kappa shape index (κ3) is 3.98. The van der Waals surface area contributed by atoms with Gasteiger partial charge >= 0.3 is 0 Å². The molecule has 0 aliphatic carbocycles. The summed E-state index contributed by atoms with van der Waals surface area (Å²) < 4.78 is 7.00. The SMILES string of the molecule is O=C(COCc1nnnn1-c1cccc2ccccc12)Nc1ccccc1[N+](=O)[O-]. The van der Waals surface area contributed by atoms with Crippen LogP contribution in [0, 0.1) is 10.1 Å². The predicted octanol–water partition coefficient (Wildman–Crippen LogP) is 2.88. The molecule has 4 aromatic rings. The van der Waals surface area contributed by atoms with Gasteiger partial charge < -0.3 is 10.1 Å². The molecule has 3 aromatic carbocycles. The van der Waals surface area contributed by atoms with E-state index in [1.807, 2.05) is 42.5 Å². The Labute approximate surface area is 170 Å². The third-order valence-corrected chi connectivity index (χ3v) is 4.37. The Bertz CT molecular complexity index is 1220. The molecular formula is C20H16N6O4. The summed E-state index contributed by atoms with van der Waals surface area (Å²) in [6.07, 6.45) is 0. The number of nitrogens with zero attached hydrogens (tertiary/aromatic N) is 5. The van der Waals surface area contributed by atoms with E-state index in [0.29, 0.717) is 5.82 Å². The van der Waals surface area contributed by atoms with Gasteiger partial charge in [-0.15, -0.1) is 5.10 Å². The normalized spacial score (nSPS) is 10.8. The van der Waals surface area contributed by atoms with Gasteiger partial charge in [0.05, 0.1) is 10.6 Å². The van der Waals surface area contributed by atoms with Crippen molar-refractivity contribution in [3.63, 3.8) is 0 Å². The Morgan fingerprint density at radius 3 is 2.70 bits per heavy atom. The van der Waals surface area contributed by atoms with E-state index in [2.05, 4.69) is 20.8 Å². The van der Waals surface area contributed by atoms with Gasteiger partial charge in [-0.25, -0.2) is 0 Å². The number of rotatable bonds is 7. The van der Waals surface area contributed by atoms with Crippen molar-refractivity contribution in [1.29, 1.82) is 0 Å². The van der Waals surface area contributed by atoms with Crippen LogP contribution in [0.2, 0.25) is 0 Å². The molecule has 10 nitrogen and oxygen atoms in total. The van der Waals surface area contributed by atoms with Crippen molar-refractivity contribution in [2.24, 2.45) is 0 Å². The van der Waals surface area contributed by atoms with E-state index in [9.17, 15) is 14.9 Å². The van der Waals surface area contributed by atoms with Crippen LogP contribution in [0.15, 0.2) is 66.7 Å². The van der Waals surface area contributed by atoms with Crippen molar-refractivity contribution >= 4 is 28.1 Å². The number of nitrogens with one attached hydrogen (secondary N) is 1. The molecule has 10 heteroatoms. The molecule has 1 aromatic heterocycles. The van der Waals surface area contributed by atoms with Crippen LogP contribution in [0.3, 0.4) is 0 Å². The molecule has 0 spiro atoms. The van der Waals surface area contributed by atoms with Crippen LogP contribution < -0.4 is 5.32 Å². The average Bonchev–Trinajstić information content (AvgIpc) is 3.22. The summed E-state index contributed by atoms with van der Waals surface area (Å²) in [5, 5.41) is 27.2. The maximum atomic E-state index is 12.1. The number of nitro benzene ring substituents is 1. The van der Waals surface area contributed by atoms with E-state index in [0.717, 1.165) is 16.5 Å². The van der Waals surface area contributed by atoms with Crippen molar-refractivity contribution in [3.05, 3.63) is 82.7 Å². The Morgan fingerprint density at radius 1 is 1.07 bits per heavy atom. The van der Waals surface area contributed by atoms with E-state index in [1.54, 1.807) is 10.7 Å². The highest BCUT2D eigenvalue weighted by atomic mass is 16.6. The summed E-state index contributed by atoms with van der Waals surface area (Å²) in [4.78, 5) is 22.6. The number of fused-ring (bicyclic) bond motifs is 1. The number of anilines is 1. The first-order valence-electron chi connectivity index (χ1n) is 9.00. The fourth-order valence-corrected chi connectivity index (χ4v) is 3.04. The van der Waals surface area contributed by atoms with Crippen molar-refractivity contribution in [2.45, 2.75) is 6.61 Å². The highest BCUT2D eigenvalue weighted by Crippen LogP contribution is 2.23. The molecule has 1 N–H and O–H groups in total. The van der Waals surface area contributed by atoms with Crippen LogP contribution >= 0.6 is 0 Å². The lowest BCUT2D eigenvalue weighted by atomic mass is 10.1. The van der Waals surface area contributed by atoms with Gasteiger partial charge in [0.1, 0.15) is 18.9 Å². The number of hydrogen-bond donors (Lipinski definition) is 1. The Balaban J connectivity index is 1.43. The zero-order chi connectivity index (χ0) is 20.9. The molecule has 0 bridgehead atoms. The average molecular weight is 404 g/mol. The highest BCUT2D eigenvalue weighted by Gasteiger charge is 2.16. The molecule has 0 saturated heterocycles. The predicted molar refractivity (Wildman–Crippen MR) is 108 cm³/mol. The lowest BCUT2D eigenvalue weighted by molar-refractivity contribution is -0.383. The number of carbonyl (C=O) groups is 1. The van der Waals surface area contributed by atoms with E-state index in [1.165, 1.54) is 18.2 Å². The van der Waals surface area contributed by atoms with Crippen LogP contribution in [-0.2, 0) is 16.1 Å². The van der Waals surface area contributed by atoms with Crippen molar-refractivity contribution < 1.29 is 14.5 Å². The zero-order valence-corrected chi connectivity index (χ0v) is 15.6.